The van der Waals surface area contributed by atoms with E-state index in [1.165, 1.54) is 0 Å². The van der Waals surface area contributed by atoms with Crippen LogP contribution >= 0.6 is 0 Å². The Kier molecular flexibility index (Phi) is 5.41. The molecule has 5 nitrogen and oxygen atoms in total. The summed E-state index contributed by atoms with van der Waals surface area (Å²) in [6.45, 7) is 5.45. The number of ether oxygens (including phenoxy) is 1. The fourth-order valence-corrected chi connectivity index (χ4v) is 4.37. The molecule has 1 aliphatic heterocycles. The summed E-state index contributed by atoms with van der Waals surface area (Å²) in [6.07, 6.45) is 1.38. The van der Waals surface area contributed by atoms with E-state index in [-0.39, 0.29) is 17.9 Å². The van der Waals surface area contributed by atoms with Crippen LogP contribution in [0.1, 0.15) is 44.1 Å². The van der Waals surface area contributed by atoms with E-state index < -0.39 is 5.41 Å². The zero-order valence-electron chi connectivity index (χ0n) is 17.4. The van der Waals surface area contributed by atoms with Gasteiger partial charge >= 0.3 is 0 Å². The molecule has 1 unspecified atom stereocenters. The van der Waals surface area contributed by atoms with Crippen LogP contribution in [-0.4, -0.2) is 28.7 Å². The number of para-hydroxylation sites is 2. The Balaban J connectivity index is 1.70. The van der Waals surface area contributed by atoms with Crippen LogP contribution in [0.25, 0.3) is 11.0 Å². The molecule has 3 aromatic rings. The summed E-state index contributed by atoms with van der Waals surface area (Å²) in [4.78, 5) is 18.6. The first-order valence-electron chi connectivity index (χ1n) is 10.4. The van der Waals surface area contributed by atoms with E-state index in [1.807, 2.05) is 43.4 Å². The Bertz CT molecular complexity index is 988. The summed E-state index contributed by atoms with van der Waals surface area (Å²) >= 11 is 0. The van der Waals surface area contributed by atoms with E-state index in [0.29, 0.717) is 26.1 Å². The van der Waals surface area contributed by atoms with E-state index in [9.17, 15) is 4.79 Å². The predicted molar refractivity (Wildman–Crippen MR) is 115 cm³/mol. The number of aryl methyl sites for hydroxylation is 1. The lowest BCUT2D eigenvalue weighted by atomic mass is 9.73. The molecule has 1 aliphatic rings. The minimum atomic E-state index is -0.558. The first kappa shape index (κ1) is 19.6. The molecule has 1 aromatic heterocycles. The number of carbonyl (C=O) groups is 1. The molecule has 2 aromatic carbocycles. The SMILES string of the molecule is CC(C)C(NC(=O)C1(c2ccccc2)CCOCC1)c1nc2ccccc2n1C. The van der Waals surface area contributed by atoms with Crippen LogP contribution in [0.4, 0.5) is 0 Å². The quantitative estimate of drug-likeness (QED) is 0.711. The maximum Gasteiger partial charge on any atom is 0.231 e. The van der Waals surface area contributed by atoms with E-state index >= 15 is 0 Å². The molecule has 29 heavy (non-hydrogen) atoms. The first-order chi connectivity index (χ1) is 14.0. The van der Waals surface area contributed by atoms with Gasteiger partial charge in [-0.1, -0.05) is 56.3 Å². The van der Waals surface area contributed by atoms with Crippen molar-refractivity contribution < 1.29 is 9.53 Å². The molecule has 1 amide bonds. The van der Waals surface area contributed by atoms with Crippen molar-refractivity contribution in [2.24, 2.45) is 13.0 Å². The molecular weight excluding hydrogens is 362 g/mol. The van der Waals surface area contributed by atoms with Crippen molar-refractivity contribution in [2.45, 2.75) is 38.1 Å². The number of hydrogen-bond donors (Lipinski definition) is 1. The number of carbonyl (C=O) groups excluding carboxylic acids is 1. The van der Waals surface area contributed by atoms with E-state index in [2.05, 4.69) is 41.9 Å². The lowest BCUT2D eigenvalue weighted by Gasteiger charge is -2.38. The normalized spacial score (nSPS) is 17.4. The standard InChI is InChI=1S/C24H29N3O2/c1-17(2)21(22-25-19-11-7-8-12-20(19)27(22)3)26-23(28)24(13-15-29-16-14-24)18-9-5-4-6-10-18/h4-12,17,21H,13-16H2,1-3H3,(H,26,28). The summed E-state index contributed by atoms with van der Waals surface area (Å²) in [6, 6.07) is 18.0. The van der Waals surface area contributed by atoms with Crippen LogP contribution < -0.4 is 5.32 Å². The third kappa shape index (κ3) is 3.55. The van der Waals surface area contributed by atoms with Crippen LogP contribution in [0.5, 0.6) is 0 Å². The molecule has 0 aliphatic carbocycles. The number of benzene rings is 2. The molecule has 5 heteroatoms. The second-order valence-electron chi connectivity index (χ2n) is 8.27. The molecule has 2 heterocycles. The fourth-order valence-electron chi connectivity index (χ4n) is 4.37. The highest BCUT2D eigenvalue weighted by molar-refractivity contribution is 5.89. The Morgan fingerprint density at radius 1 is 1.07 bits per heavy atom. The smallest absolute Gasteiger partial charge is 0.231 e. The molecule has 0 spiro atoms. The van der Waals surface area contributed by atoms with Gasteiger partial charge in [0.2, 0.25) is 5.91 Å². The summed E-state index contributed by atoms with van der Waals surface area (Å²) in [7, 11) is 2.02. The third-order valence-electron chi connectivity index (χ3n) is 6.16. The minimum Gasteiger partial charge on any atom is -0.381 e. The minimum absolute atomic E-state index is 0.0674. The average Bonchev–Trinajstić information content (AvgIpc) is 3.09. The van der Waals surface area contributed by atoms with E-state index in [0.717, 1.165) is 22.4 Å². The highest BCUT2D eigenvalue weighted by atomic mass is 16.5. The van der Waals surface area contributed by atoms with Gasteiger partial charge in [0.15, 0.2) is 0 Å². The highest BCUT2D eigenvalue weighted by Crippen LogP contribution is 2.36. The van der Waals surface area contributed by atoms with Gasteiger partial charge in [-0.15, -0.1) is 0 Å². The van der Waals surface area contributed by atoms with Crippen LogP contribution in [0.15, 0.2) is 54.6 Å². The predicted octanol–water partition coefficient (Wildman–Crippen LogP) is 4.14. The van der Waals surface area contributed by atoms with E-state index in [4.69, 9.17) is 9.72 Å². The van der Waals surface area contributed by atoms with Crippen LogP contribution in [-0.2, 0) is 22.0 Å². The van der Waals surface area contributed by atoms with Crippen molar-refractivity contribution in [1.29, 1.82) is 0 Å². The number of fused-ring (bicyclic) bond motifs is 1. The van der Waals surface area contributed by atoms with Crippen LogP contribution in [0.3, 0.4) is 0 Å². The summed E-state index contributed by atoms with van der Waals surface area (Å²) in [5.41, 5.74) is 2.53. The Morgan fingerprint density at radius 3 is 2.38 bits per heavy atom. The number of amides is 1. The van der Waals surface area contributed by atoms with Gasteiger partial charge in [0.05, 0.1) is 22.5 Å². The number of imidazole rings is 1. The second kappa shape index (κ2) is 7.99. The average molecular weight is 392 g/mol. The Hall–Kier alpha value is -2.66. The number of nitrogens with one attached hydrogen (secondary N) is 1. The van der Waals surface area contributed by atoms with Gasteiger partial charge in [-0.3, -0.25) is 4.79 Å². The summed E-state index contributed by atoms with van der Waals surface area (Å²) < 4.78 is 7.69. The largest absolute Gasteiger partial charge is 0.381 e. The van der Waals surface area contributed by atoms with Gasteiger partial charge in [0, 0.05) is 20.3 Å². The molecule has 0 bridgehead atoms. The first-order valence-corrected chi connectivity index (χ1v) is 10.4. The number of rotatable bonds is 5. The number of hydrogen-bond acceptors (Lipinski definition) is 3. The van der Waals surface area contributed by atoms with Crippen LogP contribution in [0, 0.1) is 5.92 Å². The van der Waals surface area contributed by atoms with Gasteiger partial charge in [0.1, 0.15) is 5.82 Å². The number of nitrogens with zero attached hydrogens (tertiary/aromatic N) is 2. The van der Waals surface area contributed by atoms with Crippen molar-refractivity contribution in [3.8, 4) is 0 Å². The zero-order chi connectivity index (χ0) is 20.4. The van der Waals surface area contributed by atoms with Crippen molar-refractivity contribution in [3.63, 3.8) is 0 Å². The topological polar surface area (TPSA) is 56.1 Å². The zero-order valence-corrected chi connectivity index (χ0v) is 17.4. The monoisotopic (exact) mass is 391 g/mol. The van der Waals surface area contributed by atoms with Crippen LogP contribution in [0.2, 0.25) is 0 Å². The fraction of sp³-hybridized carbons (Fsp3) is 0.417. The maximum atomic E-state index is 13.7. The van der Waals surface area contributed by atoms with Gasteiger partial charge in [-0.2, -0.15) is 0 Å². The van der Waals surface area contributed by atoms with Gasteiger partial charge in [0.25, 0.3) is 0 Å². The maximum absolute atomic E-state index is 13.7. The van der Waals surface area contributed by atoms with Crippen molar-refractivity contribution >= 4 is 16.9 Å². The molecule has 1 atom stereocenters. The summed E-state index contributed by atoms with van der Waals surface area (Å²) in [5.74, 6) is 1.17. The molecular formula is C24H29N3O2. The molecule has 0 radical (unpaired) electrons. The van der Waals surface area contributed by atoms with E-state index in [1.54, 1.807) is 0 Å². The van der Waals surface area contributed by atoms with Crippen molar-refractivity contribution in [2.75, 3.05) is 13.2 Å². The van der Waals surface area contributed by atoms with Gasteiger partial charge in [-0.05, 0) is 36.5 Å². The number of aromatic nitrogens is 2. The molecule has 4 rings (SSSR count). The van der Waals surface area contributed by atoms with Crippen molar-refractivity contribution in [1.82, 2.24) is 14.9 Å². The highest BCUT2D eigenvalue weighted by Gasteiger charge is 2.43. The summed E-state index contributed by atoms with van der Waals surface area (Å²) in [5, 5.41) is 3.37. The lowest BCUT2D eigenvalue weighted by molar-refractivity contribution is -0.131. The molecule has 152 valence electrons. The van der Waals surface area contributed by atoms with Gasteiger partial charge in [-0.25, -0.2) is 4.98 Å². The molecule has 1 N–H and O–H groups in total. The van der Waals surface area contributed by atoms with Gasteiger partial charge < -0.3 is 14.6 Å². The second-order valence-corrected chi connectivity index (χ2v) is 8.27. The molecule has 0 saturated carbocycles. The van der Waals surface area contributed by atoms with Crippen molar-refractivity contribution in [3.05, 3.63) is 66.0 Å². The lowest BCUT2D eigenvalue weighted by Crippen LogP contribution is -2.50. The third-order valence-corrected chi connectivity index (χ3v) is 6.16. The Morgan fingerprint density at radius 2 is 1.72 bits per heavy atom. The molecule has 1 saturated heterocycles. The Labute approximate surface area is 172 Å². The molecule has 1 fully saturated rings.